The average Bonchev–Trinajstić information content (AvgIpc) is 2.35. The second-order valence-electron chi connectivity index (χ2n) is 5.09. The molecule has 1 rings (SSSR count). The summed E-state index contributed by atoms with van der Waals surface area (Å²) in [5.41, 5.74) is -0.307. The number of ether oxygens (including phenoxy) is 1. The van der Waals surface area contributed by atoms with E-state index in [4.69, 9.17) is 16.3 Å². The minimum Gasteiger partial charge on any atom is -0.381 e. The molecule has 0 amide bonds. The first-order chi connectivity index (χ1) is 9.49. The molecular weight excluding hydrogens is 280 g/mol. The van der Waals surface area contributed by atoms with Gasteiger partial charge in [-0.1, -0.05) is 38.8 Å². The van der Waals surface area contributed by atoms with Crippen LogP contribution in [0.1, 0.15) is 51.5 Å². The number of nitrogens with one attached hydrogen (secondary N) is 1. The standard InChI is InChI=1S/C14H23ClN2O3/c1-4-5-8-20-9-6-7-17-13(18)11(10(2)3)12(15)16-14(17)19/h10H,4-9H2,1-3H3,(H,16,19). The number of aromatic nitrogens is 2. The molecule has 0 saturated carbocycles. The zero-order valence-corrected chi connectivity index (χ0v) is 13.1. The van der Waals surface area contributed by atoms with Crippen LogP contribution in [0.3, 0.4) is 0 Å². The Labute approximate surface area is 123 Å². The minimum atomic E-state index is -0.460. The van der Waals surface area contributed by atoms with Crippen molar-refractivity contribution in [2.75, 3.05) is 13.2 Å². The molecule has 0 radical (unpaired) electrons. The normalized spacial score (nSPS) is 11.2. The lowest BCUT2D eigenvalue weighted by Crippen LogP contribution is -2.38. The highest BCUT2D eigenvalue weighted by molar-refractivity contribution is 6.30. The van der Waals surface area contributed by atoms with Crippen molar-refractivity contribution < 1.29 is 4.74 Å². The molecule has 0 aromatic carbocycles. The fourth-order valence-corrected chi connectivity index (χ4v) is 2.32. The summed E-state index contributed by atoms with van der Waals surface area (Å²) < 4.78 is 6.62. The van der Waals surface area contributed by atoms with Crippen LogP contribution >= 0.6 is 11.6 Å². The van der Waals surface area contributed by atoms with Gasteiger partial charge in [-0.15, -0.1) is 0 Å². The van der Waals surface area contributed by atoms with Gasteiger partial charge in [0.05, 0.1) is 5.56 Å². The highest BCUT2D eigenvalue weighted by Gasteiger charge is 2.15. The Morgan fingerprint density at radius 1 is 1.25 bits per heavy atom. The first-order valence-corrected chi connectivity index (χ1v) is 7.47. The number of hydrogen-bond acceptors (Lipinski definition) is 3. The average molecular weight is 303 g/mol. The van der Waals surface area contributed by atoms with Gasteiger partial charge in [0, 0.05) is 19.8 Å². The van der Waals surface area contributed by atoms with Crippen LogP contribution in [0.25, 0.3) is 0 Å². The van der Waals surface area contributed by atoms with E-state index in [0.29, 0.717) is 25.1 Å². The van der Waals surface area contributed by atoms with Gasteiger partial charge in [-0.3, -0.25) is 14.3 Å². The molecule has 1 aromatic heterocycles. The molecule has 0 spiro atoms. The van der Waals surface area contributed by atoms with Gasteiger partial charge in [0.2, 0.25) is 0 Å². The molecule has 6 heteroatoms. The lowest BCUT2D eigenvalue weighted by molar-refractivity contribution is 0.125. The number of unbranched alkanes of at least 4 members (excludes halogenated alkanes) is 1. The van der Waals surface area contributed by atoms with E-state index < -0.39 is 5.69 Å². The second kappa shape index (κ2) is 8.27. The number of H-pyrrole nitrogens is 1. The summed E-state index contributed by atoms with van der Waals surface area (Å²) in [6, 6.07) is 0. The molecule has 0 aliphatic heterocycles. The third kappa shape index (κ3) is 4.49. The first kappa shape index (κ1) is 17.0. The Morgan fingerprint density at radius 2 is 1.90 bits per heavy atom. The Balaban J connectivity index is 2.73. The molecule has 0 atom stereocenters. The zero-order chi connectivity index (χ0) is 15.1. The smallest absolute Gasteiger partial charge is 0.329 e. The van der Waals surface area contributed by atoms with Gasteiger partial charge in [-0.25, -0.2) is 4.79 Å². The van der Waals surface area contributed by atoms with Gasteiger partial charge in [0.1, 0.15) is 5.15 Å². The maximum atomic E-state index is 12.2. The van der Waals surface area contributed by atoms with Crippen LogP contribution in [0.2, 0.25) is 5.15 Å². The van der Waals surface area contributed by atoms with Crippen LogP contribution in [-0.4, -0.2) is 22.8 Å². The molecule has 0 aliphatic rings. The third-order valence-corrected chi connectivity index (χ3v) is 3.36. The highest BCUT2D eigenvalue weighted by Crippen LogP contribution is 2.16. The maximum absolute atomic E-state index is 12.2. The Bertz CT molecular complexity index is 534. The predicted octanol–water partition coefficient (Wildman–Crippen LogP) is 2.52. The SMILES string of the molecule is CCCCOCCCn1c(=O)[nH]c(Cl)c(C(C)C)c1=O. The fraction of sp³-hybridized carbons (Fsp3) is 0.714. The van der Waals surface area contributed by atoms with Crippen LogP contribution in [0.15, 0.2) is 9.59 Å². The number of nitrogens with zero attached hydrogens (tertiary/aromatic N) is 1. The summed E-state index contributed by atoms with van der Waals surface area (Å²) in [6.45, 7) is 7.46. The maximum Gasteiger partial charge on any atom is 0.329 e. The molecule has 0 fully saturated rings. The lowest BCUT2D eigenvalue weighted by atomic mass is 10.1. The van der Waals surface area contributed by atoms with Gasteiger partial charge in [0.25, 0.3) is 5.56 Å². The summed E-state index contributed by atoms with van der Waals surface area (Å²) in [4.78, 5) is 26.5. The van der Waals surface area contributed by atoms with Crippen molar-refractivity contribution in [1.82, 2.24) is 9.55 Å². The Hall–Kier alpha value is -1.07. The molecule has 0 saturated heterocycles. The van der Waals surface area contributed by atoms with Crippen molar-refractivity contribution in [3.05, 3.63) is 31.6 Å². The van der Waals surface area contributed by atoms with E-state index in [2.05, 4.69) is 11.9 Å². The summed E-state index contributed by atoms with van der Waals surface area (Å²) in [7, 11) is 0. The molecular formula is C14H23ClN2O3. The van der Waals surface area contributed by atoms with Crippen molar-refractivity contribution in [3.8, 4) is 0 Å². The molecule has 20 heavy (non-hydrogen) atoms. The molecule has 0 bridgehead atoms. The van der Waals surface area contributed by atoms with E-state index in [1.165, 1.54) is 4.57 Å². The monoisotopic (exact) mass is 302 g/mol. The van der Waals surface area contributed by atoms with E-state index in [0.717, 1.165) is 19.4 Å². The van der Waals surface area contributed by atoms with Crippen LogP contribution in [0, 0.1) is 0 Å². The molecule has 114 valence electrons. The van der Waals surface area contributed by atoms with Crippen LogP contribution in [-0.2, 0) is 11.3 Å². The van der Waals surface area contributed by atoms with Crippen molar-refractivity contribution in [3.63, 3.8) is 0 Å². The van der Waals surface area contributed by atoms with E-state index in [1.54, 1.807) is 0 Å². The van der Waals surface area contributed by atoms with Crippen LogP contribution in [0.5, 0.6) is 0 Å². The second-order valence-corrected chi connectivity index (χ2v) is 5.47. The molecule has 1 N–H and O–H groups in total. The quantitative estimate of drug-likeness (QED) is 0.593. The molecule has 1 heterocycles. The molecule has 1 aromatic rings. The molecule has 0 unspecified atom stereocenters. The number of aromatic amines is 1. The van der Waals surface area contributed by atoms with Crippen molar-refractivity contribution in [2.45, 2.75) is 52.5 Å². The third-order valence-electron chi connectivity index (χ3n) is 3.06. The van der Waals surface area contributed by atoms with Gasteiger partial charge < -0.3 is 4.74 Å². The minimum absolute atomic E-state index is 0.0288. The molecule has 5 nitrogen and oxygen atoms in total. The van der Waals surface area contributed by atoms with Gasteiger partial charge in [0.15, 0.2) is 0 Å². The summed E-state index contributed by atoms with van der Waals surface area (Å²) in [5.74, 6) is -0.0288. The van der Waals surface area contributed by atoms with Gasteiger partial charge in [-0.2, -0.15) is 0 Å². The van der Waals surface area contributed by atoms with Crippen molar-refractivity contribution >= 4 is 11.6 Å². The number of halogens is 1. The van der Waals surface area contributed by atoms with E-state index in [1.807, 2.05) is 13.8 Å². The van der Waals surface area contributed by atoms with E-state index >= 15 is 0 Å². The lowest BCUT2D eigenvalue weighted by Gasteiger charge is -2.11. The zero-order valence-electron chi connectivity index (χ0n) is 12.4. The summed E-state index contributed by atoms with van der Waals surface area (Å²) >= 11 is 5.93. The Kier molecular flexibility index (Phi) is 7.02. The van der Waals surface area contributed by atoms with Gasteiger partial charge >= 0.3 is 5.69 Å². The van der Waals surface area contributed by atoms with Crippen molar-refractivity contribution in [1.29, 1.82) is 0 Å². The Morgan fingerprint density at radius 3 is 2.50 bits per heavy atom. The van der Waals surface area contributed by atoms with Crippen LogP contribution in [0.4, 0.5) is 0 Å². The van der Waals surface area contributed by atoms with Gasteiger partial charge in [-0.05, 0) is 18.8 Å². The summed E-state index contributed by atoms with van der Waals surface area (Å²) in [5, 5.41) is 0.144. The largest absolute Gasteiger partial charge is 0.381 e. The van der Waals surface area contributed by atoms with Crippen molar-refractivity contribution in [2.24, 2.45) is 0 Å². The first-order valence-electron chi connectivity index (χ1n) is 7.09. The summed E-state index contributed by atoms with van der Waals surface area (Å²) in [6.07, 6.45) is 2.75. The number of hydrogen-bond donors (Lipinski definition) is 1. The fourth-order valence-electron chi connectivity index (χ4n) is 1.94. The highest BCUT2D eigenvalue weighted by atomic mass is 35.5. The van der Waals surface area contributed by atoms with Crippen LogP contribution < -0.4 is 11.2 Å². The number of rotatable bonds is 8. The van der Waals surface area contributed by atoms with E-state index in [-0.39, 0.29) is 16.6 Å². The topological polar surface area (TPSA) is 64.1 Å². The van der Waals surface area contributed by atoms with E-state index in [9.17, 15) is 9.59 Å². The molecule has 0 aliphatic carbocycles. The predicted molar refractivity (Wildman–Crippen MR) is 80.8 cm³/mol.